The summed E-state index contributed by atoms with van der Waals surface area (Å²) in [5, 5.41) is 0. The standard InChI is InChI=1S/C16H17N3O2/c1-10-12(17)5-7-16-18-13(9-19(10)16)11-4-6-14(20-2)15(8-11)21-3/h4-9H,17H2,1-3H3. The highest BCUT2D eigenvalue weighted by atomic mass is 16.5. The third-order valence-electron chi connectivity index (χ3n) is 3.60. The molecule has 0 radical (unpaired) electrons. The number of hydrogen-bond acceptors (Lipinski definition) is 4. The molecular formula is C16H17N3O2. The highest BCUT2D eigenvalue weighted by Crippen LogP contribution is 2.32. The lowest BCUT2D eigenvalue weighted by atomic mass is 10.1. The average molecular weight is 283 g/mol. The zero-order chi connectivity index (χ0) is 15.0. The van der Waals surface area contributed by atoms with E-state index in [1.807, 2.05) is 47.9 Å². The van der Waals surface area contributed by atoms with Gasteiger partial charge in [-0.1, -0.05) is 0 Å². The third-order valence-corrected chi connectivity index (χ3v) is 3.60. The van der Waals surface area contributed by atoms with Crippen LogP contribution < -0.4 is 15.2 Å². The van der Waals surface area contributed by atoms with Crippen LogP contribution in [0.2, 0.25) is 0 Å². The van der Waals surface area contributed by atoms with Crippen molar-refractivity contribution < 1.29 is 9.47 Å². The molecule has 0 saturated heterocycles. The van der Waals surface area contributed by atoms with Gasteiger partial charge in [-0.2, -0.15) is 0 Å². The zero-order valence-corrected chi connectivity index (χ0v) is 12.3. The summed E-state index contributed by atoms with van der Waals surface area (Å²) < 4.78 is 12.6. The number of nitrogen functional groups attached to an aromatic ring is 1. The summed E-state index contributed by atoms with van der Waals surface area (Å²) in [6.45, 7) is 1.97. The number of rotatable bonds is 3. The fraction of sp³-hybridized carbons (Fsp3) is 0.188. The van der Waals surface area contributed by atoms with Crippen molar-refractivity contribution in [2.24, 2.45) is 0 Å². The van der Waals surface area contributed by atoms with Gasteiger partial charge in [0.25, 0.3) is 0 Å². The molecule has 108 valence electrons. The number of pyridine rings is 1. The fourth-order valence-electron chi connectivity index (χ4n) is 2.34. The summed E-state index contributed by atoms with van der Waals surface area (Å²) in [6.07, 6.45) is 1.97. The zero-order valence-electron chi connectivity index (χ0n) is 12.3. The third kappa shape index (κ3) is 2.16. The van der Waals surface area contributed by atoms with Crippen molar-refractivity contribution in [1.82, 2.24) is 9.38 Å². The Morgan fingerprint density at radius 1 is 1.05 bits per heavy atom. The number of hydrogen-bond donors (Lipinski definition) is 1. The second kappa shape index (κ2) is 5.01. The van der Waals surface area contributed by atoms with E-state index in [0.717, 1.165) is 28.3 Å². The number of nitrogens with two attached hydrogens (primary N) is 1. The Hall–Kier alpha value is -2.69. The van der Waals surface area contributed by atoms with E-state index in [1.54, 1.807) is 14.2 Å². The number of ether oxygens (including phenoxy) is 2. The Balaban J connectivity index is 2.14. The molecule has 0 unspecified atom stereocenters. The van der Waals surface area contributed by atoms with Crippen LogP contribution in [0.25, 0.3) is 16.9 Å². The van der Waals surface area contributed by atoms with Crippen LogP contribution in [-0.4, -0.2) is 23.6 Å². The molecule has 3 rings (SSSR count). The van der Waals surface area contributed by atoms with Crippen molar-refractivity contribution in [3.8, 4) is 22.8 Å². The van der Waals surface area contributed by atoms with Crippen LogP contribution in [0.15, 0.2) is 36.5 Å². The van der Waals surface area contributed by atoms with Crippen LogP contribution in [0.1, 0.15) is 5.69 Å². The van der Waals surface area contributed by atoms with E-state index in [0.29, 0.717) is 11.5 Å². The Labute approximate surface area is 122 Å². The van der Waals surface area contributed by atoms with Gasteiger partial charge in [0.2, 0.25) is 0 Å². The van der Waals surface area contributed by atoms with E-state index in [-0.39, 0.29) is 0 Å². The molecule has 0 fully saturated rings. The highest BCUT2D eigenvalue weighted by Gasteiger charge is 2.10. The molecule has 1 aromatic carbocycles. The minimum absolute atomic E-state index is 0.684. The maximum absolute atomic E-state index is 5.93. The normalized spacial score (nSPS) is 10.8. The van der Waals surface area contributed by atoms with E-state index in [9.17, 15) is 0 Å². The first kappa shape index (κ1) is 13.3. The number of imidazole rings is 1. The Kier molecular flexibility index (Phi) is 3.17. The van der Waals surface area contributed by atoms with Gasteiger partial charge >= 0.3 is 0 Å². The number of fused-ring (bicyclic) bond motifs is 1. The summed E-state index contributed by atoms with van der Waals surface area (Å²) in [5.74, 6) is 1.38. The molecule has 0 bridgehead atoms. The number of anilines is 1. The second-order valence-electron chi connectivity index (χ2n) is 4.80. The van der Waals surface area contributed by atoms with E-state index in [1.165, 1.54) is 0 Å². The van der Waals surface area contributed by atoms with Crippen LogP contribution in [0.5, 0.6) is 11.5 Å². The minimum Gasteiger partial charge on any atom is -0.493 e. The van der Waals surface area contributed by atoms with Crippen molar-refractivity contribution in [2.45, 2.75) is 6.92 Å². The van der Waals surface area contributed by atoms with Gasteiger partial charge in [0.15, 0.2) is 11.5 Å². The van der Waals surface area contributed by atoms with Crippen molar-refractivity contribution >= 4 is 11.3 Å². The van der Waals surface area contributed by atoms with Gasteiger partial charge in [-0.15, -0.1) is 0 Å². The molecule has 2 heterocycles. The van der Waals surface area contributed by atoms with E-state index in [4.69, 9.17) is 15.2 Å². The summed E-state index contributed by atoms with van der Waals surface area (Å²) in [7, 11) is 3.24. The lowest BCUT2D eigenvalue weighted by molar-refractivity contribution is 0.355. The fourth-order valence-corrected chi connectivity index (χ4v) is 2.34. The number of aromatic nitrogens is 2. The minimum atomic E-state index is 0.684. The largest absolute Gasteiger partial charge is 0.493 e. The summed E-state index contributed by atoms with van der Waals surface area (Å²) in [4.78, 5) is 4.63. The molecule has 5 heteroatoms. The summed E-state index contributed by atoms with van der Waals surface area (Å²) >= 11 is 0. The first-order valence-electron chi connectivity index (χ1n) is 6.60. The van der Waals surface area contributed by atoms with Crippen LogP contribution in [0.4, 0.5) is 5.69 Å². The van der Waals surface area contributed by atoms with Crippen LogP contribution in [0, 0.1) is 6.92 Å². The molecule has 5 nitrogen and oxygen atoms in total. The molecule has 2 aromatic heterocycles. The number of aryl methyl sites for hydroxylation is 1. The maximum Gasteiger partial charge on any atom is 0.161 e. The Morgan fingerprint density at radius 2 is 1.81 bits per heavy atom. The van der Waals surface area contributed by atoms with Gasteiger partial charge in [0.05, 0.1) is 25.6 Å². The van der Waals surface area contributed by atoms with Crippen LogP contribution in [-0.2, 0) is 0 Å². The molecule has 0 spiro atoms. The molecule has 0 amide bonds. The molecule has 2 N–H and O–H groups in total. The predicted octanol–water partition coefficient (Wildman–Crippen LogP) is 2.91. The number of benzene rings is 1. The Bertz CT molecular complexity index is 809. The predicted molar refractivity (Wildman–Crippen MR) is 82.9 cm³/mol. The first-order valence-corrected chi connectivity index (χ1v) is 6.60. The van der Waals surface area contributed by atoms with E-state index >= 15 is 0 Å². The van der Waals surface area contributed by atoms with E-state index < -0.39 is 0 Å². The first-order chi connectivity index (χ1) is 10.1. The molecule has 0 atom stereocenters. The average Bonchev–Trinajstić information content (AvgIpc) is 2.95. The van der Waals surface area contributed by atoms with Crippen molar-refractivity contribution in [3.05, 3.63) is 42.2 Å². The molecule has 0 aliphatic carbocycles. The monoisotopic (exact) mass is 283 g/mol. The van der Waals surface area contributed by atoms with Crippen LogP contribution >= 0.6 is 0 Å². The molecular weight excluding hydrogens is 266 g/mol. The molecule has 0 saturated carbocycles. The SMILES string of the molecule is COc1ccc(-c2cn3c(C)c(N)ccc3n2)cc1OC. The Morgan fingerprint density at radius 3 is 2.52 bits per heavy atom. The molecule has 0 aliphatic heterocycles. The number of methoxy groups -OCH3 is 2. The topological polar surface area (TPSA) is 61.8 Å². The van der Waals surface area contributed by atoms with Gasteiger partial charge < -0.3 is 19.6 Å². The van der Waals surface area contributed by atoms with Crippen molar-refractivity contribution in [1.29, 1.82) is 0 Å². The van der Waals surface area contributed by atoms with Gasteiger partial charge in [-0.25, -0.2) is 4.98 Å². The smallest absolute Gasteiger partial charge is 0.161 e. The molecule has 3 aromatic rings. The number of nitrogens with zero attached hydrogens (tertiary/aromatic N) is 2. The second-order valence-corrected chi connectivity index (χ2v) is 4.80. The van der Waals surface area contributed by atoms with Gasteiger partial charge in [0, 0.05) is 17.5 Å². The molecule has 0 aliphatic rings. The van der Waals surface area contributed by atoms with Crippen molar-refractivity contribution in [2.75, 3.05) is 20.0 Å². The van der Waals surface area contributed by atoms with Gasteiger partial charge in [0.1, 0.15) is 5.65 Å². The summed E-state index contributed by atoms with van der Waals surface area (Å²) in [5.41, 5.74) is 10.4. The summed E-state index contributed by atoms with van der Waals surface area (Å²) in [6, 6.07) is 9.53. The van der Waals surface area contributed by atoms with Crippen molar-refractivity contribution in [3.63, 3.8) is 0 Å². The quantitative estimate of drug-likeness (QED) is 0.803. The highest BCUT2D eigenvalue weighted by molar-refractivity contribution is 5.67. The van der Waals surface area contributed by atoms with E-state index in [2.05, 4.69) is 4.98 Å². The van der Waals surface area contributed by atoms with Gasteiger partial charge in [-0.05, 0) is 37.3 Å². The van der Waals surface area contributed by atoms with Crippen LogP contribution in [0.3, 0.4) is 0 Å². The van der Waals surface area contributed by atoms with Gasteiger partial charge in [-0.3, -0.25) is 0 Å². The maximum atomic E-state index is 5.93. The lowest BCUT2D eigenvalue weighted by Gasteiger charge is -2.08. The lowest BCUT2D eigenvalue weighted by Crippen LogP contribution is -1.96. The molecule has 21 heavy (non-hydrogen) atoms.